The zero-order chi connectivity index (χ0) is 24.2. The number of hydrogen-bond donors (Lipinski definition) is 1. The van der Waals surface area contributed by atoms with Gasteiger partial charge in [-0.15, -0.1) is 0 Å². The van der Waals surface area contributed by atoms with E-state index in [0.29, 0.717) is 29.8 Å². The largest absolute Gasteiger partial charge is 0.340 e. The summed E-state index contributed by atoms with van der Waals surface area (Å²) in [4.78, 5) is 23.2. The summed E-state index contributed by atoms with van der Waals surface area (Å²) in [5.74, 6) is 0.192. The maximum Gasteiger partial charge on any atom is 0.274 e. The monoisotopic (exact) mass is 493 g/mol. The van der Waals surface area contributed by atoms with Gasteiger partial charge in [-0.05, 0) is 49.1 Å². The van der Waals surface area contributed by atoms with Gasteiger partial charge in [-0.2, -0.15) is 5.10 Å². The Morgan fingerprint density at radius 1 is 1.09 bits per heavy atom. The molecule has 0 bridgehead atoms. The van der Waals surface area contributed by atoms with Gasteiger partial charge in [0.1, 0.15) is 11.6 Å². The molecular weight excluding hydrogens is 469 g/mol. The molecule has 0 radical (unpaired) electrons. The van der Waals surface area contributed by atoms with Crippen LogP contribution in [0.3, 0.4) is 0 Å². The predicted octanol–water partition coefficient (Wildman–Crippen LogP) is 3.90. The Balaban J connectivity index is 1.36. The van der Waals surface area contributed by atoms with Crippen LogP contribution in [0.2, 0.25) is 0 Å². The van der Waals surface area contributed by atoms with Crippen LogP contribution in [0.5, 0.6) is 0 Å². The minimum Gasteiger partial charge on any atom is -0.340 e. The Morgan fingerprint density at radius 3 is 2.69 bits per heavy atom. The van der Waals surface area contributed by atoms with E-state index in [1.807, 2.05) is 30.3 Å². The van der Waals surface area contributed by atoms with Gasteiger partial charge in [-0.1, -0.05) is 30.3 Å². The van der Waals surface area contributed by atoms with E-state index in [0.717, 1.165) is 24.1 Å². The fraction of sp³-hybridized carbons (Fsp3) is 0.320. The summed E-state index contributed by atoms with van der Waals surface area (Å²) in [6.07, 6.45) is 2.02. The molecule has 0 aliphatic carbocycles. The van der Waals surface area contributed by atoms with E-state index in [4.69, 9.17) is 0 Å². The van der Waals surface area contributed by atoms with E-state index in [9.17, 15) is 17.6 Å². The molecule has 6 rings (SSSR count). The van der Waals surface area contributed by atoms with Gasteiger partial charge in [-0.25, -0.2) is 17.8 Å². The summed E-state index contributed by atoms with van der Waals surface area (Å²) in [6.45, 7) is 0.556. The van der Waals surface area contributed by atoms with Crippen LogP contribution >= 0.6 is 0 Å². The van der Waals surface area contributed by atoms with E-state index >= 15 is 0 Å². The number of nitrogens with zero attached hydrogens (tertiary/aromatic N) is 4. The number of likely N-dealkylation sites (tertiary alicyclic amines) is 1. The Bertz CT molecular complexity index is 1530. The zero-order valence-electron chi connectivity index (χ0n) is 18.9. The van der Waals surface area contributed by atoms with Gasteiger partial charge in [0.05, 0.1) is 40.3 Å². The van der Waals surface area contributed by atoms with Crippen molar-refractivity contribution in [3.05, 3.63) is 71.9 Å². The van der Waals surface area contributed by atoms with Crippen molar-refractivity contribution in [2.24, 2.45) is 0 Å². The van der Waals surface area contributed by atoms with E-state index < -0.39 is 9.84 Å². The Labute approximate surface area is 201 Å². The van der Waals surface area contributed by atoms with Gasteiger partial charge in [0.15, 0.2) is 15.5 Å². The van der Waals surface area contributed by atoms with Gasteiger partial charge >= 0.3 is 0 Å². The number of nitrogens with one attached hydrogen (secondary N) is 1. The van der Waals surface area contributed by atoms with Crippen LogP contribution in [0, 0.1) is 5.82 Å². The third kappa shape index (κ3) is 4.01. The number of H-pyrrole nitrogens is 1. The highest BCUT2D eigenvalue weighted by atomic mass is 32.2. The molecule has 2 aromatic carbocycles. The molecule has 2 fully saturated rings. The molecule has 0 spiro atoms. The lowest BCUT2D eigenvalue weighted by Crippen LogP contribution is -2.31. The molecule has 2 aromatic heterocycles. The molecule has 2 aliphatic heterocycles. The minimum absolute atomic E-state index is 0.0179. The lowest BCUT2D eigenvalue weighted by atomic mass is 10.1. The van der Waals surface area contributed by atoms with Crippen molar-refractivity contribution in [3.63, 3.8) is 0 Å². The average Bonchev–Trinajstić information content (AvgIpc) is 3.63. The standard InChI is InChI=1S/C25H24FN5O3S/c26-17-8-9-19-20(13-17)28-24(27-19)22-7-4-11-30(22)25(32)21-14-23(16-5-2-1-3-6-16)31(29-21)18-10-12-35(33,34)15-18/h1-3,5-6,8-9,13-14,18,22H,4,7,10-12,15H2,(H,27,28). The number of sulfone groups is 1. The van der Waals surface area contributed by atoms with Gasteiger partial charge in [0.25, 0.3) is 5.91 Å². The molecule has 8 nitrogen and oxygen atoms in total. The van der Waals surface area contributed by atoms with Gasteiger partial charge < -0.3 is 9.88 Å². The molecule has 2 saturated heterocycles. The molecule has 4 aromatic rings. The van der Waals surface area contributed by atoms with Crippen molar-refractivity contribution in [2.45, 2.75) is 31.3 Å². The average molecular weight is 494 g/mol. The number of amides is 1. The van der Waals surface area contributed by atoms with Crippen LogP contribution in [0.1, 0.15) is 47.7 Å². The van der Waals surface area contributed by atoms with Crippen LogP contribution in [0.4, 0.5) is 4.39 Å². The number of carbonyl (C=O) groups excluding carboxylic acids is 1. The number of halogens is 1. The summed E-state index contributed by atoms with van der Waals surface area (Å²) in [5.41, 5.74) is 3.13. The van der Waals surface area contributed by atoms with Crippen molar-refractivity contribution >= 4 is 26.8 Å². The second kappa shape index (κ2) is 8.30. The van der Waals surface area contributed by atoms with E-state index in [1.165, 1.54) is 12.1 Å². The quantitative estimate of drug-likeness (QED) is 0.465. The SMILES string of the molecule is O=C(c1cc(-c2ccccc2)n(C2CCS(=O)(=O)C2)n1)N1CCCC1c1nc2ccc(F)cc2[nH]1. The molecule has 35 heavy (non-hydrogen) atoms. The van der Waals surface area contributed by atoms with Crippen molar-refractivity contribution in [2.75, 3.05) is 18.1 Å². The maximum absolute atomic E-state index is 13.7. The fourth-order valence-corrected chi connectivity index (χ4v) is 6.86. The lowest BCUT2D eigenvalue weighted by Gasteiger charge is -2.22. The second-order valence-electron chi connectivity index (χ2n) is 9.22. The lowest BCUT2D eigenvalue weighted by molar-refractivity contribution is 0.0723. The first-order valence-electron chi connectivity index (χ1n) is 11.7. The number of aromatic amines is 1. The first kappa shape index (κ1) is 22.0. The molecule has 2 aliphatic rings. The predicted molar refractivity (Wildman–Crippen MR) is 129 cm³/mol. The number of hydrogen-bond acceptors (Lipinski definition) is 5. The topological polar surface area (TPSA) is 101 Å². The number of aromatic nitrogens is 4. The van der Waals surface area contributed by atoms with Crippen LogP contribution in [0.15, 0.2) is 54.6 Å². The fourth-order valence-electron chi connectivity index (χ4n) is 5.17. The smallest absolute Gasteiger partial charge is 0.274 e. The van der Waals surface area contributed by atoms with E-state index in [2.05, 4.69) is 15.1 Å². The summed E-state index contributed by atoms with van der Waals surface area (Å²) in [5, 5.41) is 4.64. The number of benzene rings is 2. The third-order valence-corrected chi connectivity index (χ3v) is 8.62. The Hall–Kier alpha value is -3.53. The van der Waals surface area contributed by atoms with Crippen LogP contribution in [-0.4, -0.2) is 57.0 Å². The highest BCUT2D eigenvalue weighted by Crippen LogP contribution is 2.35. The number of rotatable bonds is 4. The molecule has 2 atom stereocenters. The van der Waals surface area contributed by atoms with Crippen LogP contribution in [-0.2, 0) is 9.84 Å². The normalized spacial score (nSPS) is 21.7. The zero-order valence-corrected chi connectivity index (χ0v) is 19.7. The number of carbonyl (C=O) groups is 1. The summed E-state index contributed by atoms with van der Waals surface area (Å²) in [7, 11) is -3.13. The summed E-state index contributed by atoms with van der Waals surface area (Å²) < 4.78 is 39.7. The first-order valence-corrected chi connectivity index (χ1v) is 13.5. The molecule has 1 N–H and O–H groups in total. The summed E-state index contributed by atoms with van der Waals surface area (Å²) >= 11 is 0. The van der Waals surface area contributed by atoms with Crippen molar-refractivity contribution < 1.29 is 17.6 Å². The molecule has 0 saturated carbocycles. The maximum atomic E-state index is 13.7. The molecular formula is C25H24FN5O3S. The van der Waals surface area contributed by atoms with E-state index in [1.54, 1.807) is 21.7 Å². The molecule has 2 unspecified atom stereocenters. The third-order valence-electron chi connectivity index (χ3n) is 6.87. The van der Waals surface area contributed by atoms with Crippen molar-refractivity contribution in [1.29, 1.82) is 0 Å². The summed E-state index contributed by atoms with van der Waals surface area (Å²) in [6, 6.07) is 15.1. The van der Waals surface area contributed by atoms with Crippen molar-refractivity contribution in [3.8, 4) is 11.3 Å². The second-order valence-corrected chi connectivity index (χ2v) is 11.5. The number of imidazole rings is 1. The van der Waals surface area contributed by atoms with Gasteiger partial charge in [0, 0.05) is 6.54 Å². The molecule has 4 heterocycles. The van der Waals surface area contributed by atoms with Gasteiger partial charge in [0.2, 0.25) is 0 Å². The molecule has 1 amide bonds. The Morgan fingerprint density at radius 2 is 1.91 bits per heavy atom. The van der Waals surface area contributed by atoms with Crippen LogP contribution < -0.4 is 0 Å². The number of fused-ring (bicyclic) bond motifs is 1. The highest BCUT2D eigenvalue weighted by molar-refractivity contribution is 7.91. The van der Waals surface area contributed by atoms with Crippen molar-refractivity contribution in [1.82, 2.24) is 24.6 Å². The molecule has 180 valence electrons. The Kier molecular flexibility index (Phi) is 5.21. The first-order chi connectivity index (χ1) is 16.9. The van der Waals surface area contributed by atoms with Gasteiger partial charge in [-0.3, -0.25) is 9.48 Å². The van der Waals surface area contributed by atoms with E-state index in [-0.39, 0.29) is 41.0 Å². The highest BCUT2D eigenvalue weighted by Gasteiger charge is 2.36. The minimum atomic E-state index is -3.13. The van der Waals surface area contributed by atoms with Crippen LogP contribution in [0.25, 0.3) is 22.3 Å². The molecule has 10 heteroatoms.